The minimum atomic E-state index is -1.09. The summed E-state index contributed by atoms with van der Waals surface area (Å²) in [5, 5.41) is 19.9. The first-order valence-electron chi connectivity index (χ1n) is 24.4. The number of carboxylic acid groups (broad SMARTS) is 1. The highest BCUT2D eigenvalue weighted by molar-refractivity contribution is 14.1. The number of nitrogens with zero attached hydrogens (tertiary/aromatic N) is 3. The van der Waals surface area contributed by atoms with Crippen LogP contribution in [0.1, 0.15) is 114 Å². The number of aromatic nitrogens is 1. The predicted molar refractivity (Wildman–Crippen MR) is 274 cm³/mol. The Morgan fingerprint density at radius 2 is 1.51 bits per heavy atom. The number of carboxylic acids is 1. The van der Waals surface area contributed by atoms with Crippen molar-refractivity contribution in [2.75, 3.05) is 51.3 Å². The third-order valence-electron chi connectivity index (χ3n) is 14.9. The molecule has 6 aromatic rings. The smallest absolute Gasteiger partial charge is 0.336 e. The van der Waals surface area contributed by atoms with Gasteiger partial charge in [-0.2, -0.15) is 0 Å². The van der Waals surface area contributed by atoms with Gasteiger partial charge in [-0.3, -0.25) is 19.0 Å². The molecule has 69 heavy (non-hydrogen) atoms. The summed E-state index contributed by atoms with van der Waals surface area (Å²) >= 11 is 2.21. The highest BCUT2D eigenvalue weighted by Crippen LogP contribution is 2.49. The van der Waals surface area contributed by atoms with Crippen LogP contribution < -0.4 is 40.2 Å². The van der Waals surface area contributed by atoms with E-state index in [0.29, 0.717) is 54.0 Å². The van der Waals surface area contributed by atoms with Crippen molar-refractivity contribution in [3.8, 4) is 17.2 Å². The maximum atomic E-state index is 13.8. The number of ether oxygens (including phenoxy) is 2. The highest BCUT2D eigenvalue weighted by Gasteiger charge is 2.37. The van der Waals surface area contributed by atoms with Crippen molar-refractivity contribution in [3.63, 3.8) is 0 Å². The quantitative estimate of drug-likeness (QED) is 0.0661. The molecule has 2 amide bonds. The van der Waals surface area contributed by atoms with Gasteiger partial charge in [0.15, 0.2) is 0 Å². The molecule has 12 nitrogen and oxygen atoms in total. The predicted octanol–water partition coefficient (Wildman–Crippen LogP) is 7.25. The number of aryl methyl sites for hydroxylation is 2. The van der Waals surface area contributed by atoms with Crippen LogP contribution in [0.4, 0.5) is 5.69 Å². The summed E-state index contributed by atoms with van der Waals surface area (Å²) in [6, 6.07) is 22.6. The van der Waals surface area contributed by atoms with E-state index in [-0.39, 0.29) is 35.3 Å². The number of hydrogen-bond donors (Lipinski definition) is 3. The van der Waals surface area contributed by atoms with Crippen LogP contribution in [0.2, 0.25) is 0 Å². The second kappa shape index (κ2) is 18.4. The Labute approximate surface area is 414 Å². The molecule has 6 heterocycles. The Kier molecular flexibility index (Phi) is 12.0. The summed E-state index contributed by atoms with van der Waals surface area (Å²) in [4.78, 5) is 56.7. The largest absolute Gasteiger partial charge is 0.497 e. The fourth-order valence-corrected chi connectivity index (χ4v) is 12.0. The van der Waals surface area contributed by atoms with E-state index >= 15 is 0 Å². The number of aromatic carboxylic acids is 1. The number of hydrogen-bond acceptors (Lipinski definition) is 7. The van der Waals surface area contributed by atoms with Crippen LogP contribution in [0.3, 0.4) is 0 Å². The summed E-state index contributed by atoms with van der Waals surface area (Å²) in [5.74, 6) is 0.546. The number of anilines is 1. The summed E-state index contributed by atoms with van der Waals surface area (Å²) in [5.41, 5.74) is 11.8. The third-order valence-corrected chi connectivity index (χ3v) is 15.6. The van der Waals surface area contributed by atoms with Crippen LogP contribution in [0, 0.1) is 10.5 Å². The van der Waals surface area contributed by atoms with Gasteiger partial charge in [0.25, 0.3) is 11.8 Å². The van der Waals surface area contributed by atoms with Gasteiger partial charge in [0.1, 0.15) is 30.3 Å². The van der Waals surface area contributed by atoms with Crippen LogP contribution in [0.25, 0.3) is 16.5 Å². The second-order valence-electron chi connectivity index (χ2n) is 19.0. The summed E-state index contributed by atoms with van der Waals surface area (Å²) in [7, 11) is 1.59. The number of benzene rings is 5. The fraction of sp³-hybridized carbons (Fsp3) is 0.339. The van der Waals surface area contributed by atoms with Crippen LogP contribution in [0.5, 0.6) is 17.2 Å². The molecular weight excluding hydrogens is 982 g/mol. The molecule has 0 fully saturated rings. The van der Waals surface area contributed by atoms with E-state index in [1.165, 1.54) is 39.4 Å². The molecular formula is C56H55IN5O7+. The minimum Gasteiger partial charge on any atom is -0.497 e. The maximum Gasteiger partial charge on any atom is 0.336 e. The molecule has 352 valence electrons. The number of carbonyl (C=O) groups excluding carboxylic acids is 3. The van der Waals surface area contributed by atoms with Gasteiger partial charge in [0.05, 0.1) is 30.2 Å². The fourth-order valence-electron chi connectivity index (χ4n) is 11.7. The SMILES string of the molecule is COc1ccc2c(c1)c(CC(=O)NCCCCNC(=O)c1ccc(C3=c4cc5c6c(c4Oc4c3cc3c7c4CCCN7CCC3)CCC[N+]=6CCC5)c(C(=O)O)c1)c(C)n2C(=O)c1ccc(I)cc1. The average Bonchev–Trinajstić information content (AvgIpc) is 3.63. The molecule has 0 saturated carbocycles. The van der Waals surface area contributed by atoms with Gasteiger partial charge in [-0.05, 0) is 164 Å². The van der Waals surface area contributed by atoms with Crippen LogP contribution in [-0.2, 0) is 36.9 Å². The van der Waals surface area contributed by atoms with E-state index in [4.69, 9.17) is 9.47 Å². The van der Waals surface area contributed by atoms with E-state index in [0.717, 1.165) is 120 Å². The molecule has 0 aliphatic carbocycles. The lowest BCUT2D eigenvalue weighted by Gasteiger charge is -2.39. The Hall–Kier alpha value is -6.48. The number of nitrogens with one attached hydrogen (secondary N) is 2. The van der Waals surface area contributed by atoms with Gasteiger partial charge in [0, 0.05) is 98.0 Å². The number of carbonyl (C=O) groups is 4. The maximum absolute atomic E-state index is 13.8. The molecule has 0 bridgehead atoms. The van der Waals surface area contributed by atoms with Crippen LogP contribution >= 0.6 is 22.6 Å². The zero-order chi connectivity index (χ0) is 47.5. The van der Waals surface area contributed by atoms with E-state index in [1.54, 1.807) is 17.7 Å². The lowest BCUT2D eigenvalue weighted by Crippen LogP contribution is -2.45. The molecule has 13 heteroatoms. The molecule has 0 radical (unpaired) electrons. The zero-order valence-corrected chi connectivity index (χ0v) is 41.2. The van der Waals surface area contributed by atoms with Gasteiger partial charge < -0.3 is 30.1 Å². The topological polar surface area (TPSA) is 142 Å². The first kappa shape index (κ1) is 45.0. The number of fused-ring (bicyclic) bond motifs is 5. The van der Waals surface area contributed by atoms with Crippen molar-refractivity contribution in [2.45, 2.75) is 77.6 Å². The van der Waals surface area contributed by atoms with E-state index < -0.39 is 5.97 Å². The zero-order valence-electron chi connectivity index (χ0n) is 39.1. The van der Waals surface area contributed by atoms with Crippen molar-refractivity contribution in [3.05, 3.63) is 148 Å². The lowest BCUT2D eigenvalue weighted by molar-refractivity contribution is -0.120. The number of rotatable bonds is 12. The van der Waals surface area contributed by atoms with Crippen molar-refractivity contribution in [1.29, 1.82) is 0 Å². The van der Waals surface area contributed by atoms with Gasteiger partial charge in [-0.1, -0.05) is 6.07 Å². The first-order valence-corrected chi connectivity index (χ1v) is 25.5. The molecule has 1 aromatic heterocycles. The third kappa shape index (κ3) is 8.05. The average molecular weight is 1040 g/mol. The van der Waals surface area contributed by atoms with Crippen molar-refractivity contribution < 1.29 is 33.8 Å². The van der Waals surface area contributed by atoms with Crippen LogP contribution in [-0.4, -0.2) is 79.7 Å². The number of methoxy groups -OCH3 is 1. The number of amides is 2. The Morgan fingerprint density at radius 1 is 0.783 bits per heavy atom. The molecule has 11 rings (SSSR count). The molecule has 3 N–H and O–H groups in total. The lowest BCUT2D eigenvalue weighted by atomic mass is 9.81. The van der Waals surface area contributed by atoms with Crippen LogP contribution in [0.15, 0.2) is 72.8 Å². The summed E-state index contributed by atoms with van der Waals surface area (Å²) in [6.07, 6.45) is 9.27. The standard InChI is InChI=1S/C56H54IN5O7/c1-32-42(43-30-38(68-2)18-20-47(43)62(32)55(65)33-13-16-37(57)17-14-33)31-48(63)58-21-3-4-22-59-54(64)36-15-19-39(44(29-36)56(66)67)49-45-27-34-9-5-23-60-25-7-11-40(50(34)60)52(45)69-53-41-12-8-26-61-24-6-10-35(51(41)61)28-46(49)53/h13-20,27-30H,3-12,21-26,31H2,1-2H3,(H2-,58,59,63,64,66,67)/p+1. The normalized spacial score (nSPS) is 15.4. The number of halogens is 1. The number of unbranched alkanes of at least 4 members (excludes halogenated alkanes) is 1. The van der Waals surface area contributed by atoms with Gasteiger partial charge in [-0.25, -0.2) is 9.37 Å². The Morgan fingerprint density at radius 3 is 2.29 bits per heavy atom. The molecule has 0 saturated heterocycles. The van der Waals surface area contributed by atoms with Crippen molar-refractivity contribution in [2.24, 2.45) is 0 Å². The van der Waals surface area contributed by atoms with Crippen molar-refractivity contribution in [1.82, 2.24) is 19.8 Å². The van der Waals surface area contributed by atoms with Gasteiger partial charge in [-0.15, -0.1) is 0 Å². The molecule has 0 spiro atoms. The molecule has 5 aromatic carbocycles. The monoisotopic (exact) mass is 1040 g/mol. The highest BCUT2D eigenvalue weighted by atomic mass is 127. The van der Waals surface area contributed by atoms with Crippen molar-refractivity contribution >= 4 is 68.4 Å². The second-order valence-corrected chi connectivity index (χ2v) is 20.2. The summed E-state index contributed by atoms with van der Waals surface area (Å²) in [6.45, 7) is 6.74. The van der Waals surface area contributed by atoms with E-state index in [1.807, 2.05) is 55.5 Å². The van der Waals surface area contributed by atoms with Gasteiger partial charge in [0.2, 0.25) is 11.3 Å². The molecule has 5 aliphatic rings. The van der Waals surface area contributed by atoms with E-state index in [9.17, 15) is 24.3 Å². The molecule has 0 atom stereocenters. The molecule has 0 unspecified atom stereocenters. The van der Waals surface area contributed by atoms with E-state index in [2.05, 4.69) is 54.8 Å². The van der Waals surface area contributed by atoms with Gasteiger partial charge >= 0.3 is 5.97 Å². The summed E-state index contributed by atoms with van der Waals surface area (Å²) < 4.78 is 17.9. The Balaban J connectivity index is 0.812. The first-order chi connectivity index (χ1) is 33.6. The minimum absolute atomic E-state index is 0.0778. The Bertz CT molecular complexity index is 3290. The molecule has 5 aliphatic heterocycles.